The molecule has 1 amide bonds. The minimum Gasteiger partial charge on any atom is -0.355 e. The summed E-state index contributed by atoms with van der Waals surface area (Å²) in [5, 5.41) is 2.96. The van der Waals surface area contributed by atoms with Gasteiger partial charge in [-0.25, -0.2) is 4.39 Å². The predicted octanol–water partition coefficient (Wildman–Crippen LogP) is 4.22. The van der Waals surface area contributed by atoms with Gasteiger partial charge in [0, 0.05) is 16.4 Å². The van der Waals surface area contributed by atoms with Crippen molar-refractivity contribution in [2.24, 2.45) is 0 Å². The van der Waals surface area contributed by atoms with Gasteiger partial charge in [0.05, 0.1) is 6.42 Å². The van der Waals surface area contributed by atoms with Crippen molar-refractivity contribution in [1.82, 2.24) is 5.32 Å². The number of hydrogen-bond acceptors (Lipinski definition) is 1. The van der Waals surface area contributed by atoms with E-state index in [4.69, 9.17) is 0 Å². The van der Waals surface area contributed by atoms with Crippen LogP contribution in [0.15, 0.2) is 53.0 Å². The lowest BCUT2D eigenvalue weighted by Crippen LogP contribution is -2.37. The Kier molecular flexibility index (Phi) is 5.35. The lowest BCUT2D eigenvalue weighted by Gasteiger charge is -2.25. The molecule has 2 nitrogen and oxygen atoms in total. The predicted molar refractivity (Wildman–Crippen MR) is 90.3 cm³/mol. The van der Waals surface area contributed by atoms with E-state index in [1.54, 1.807) is 12.1 Å². The van der Waals surface area contributed by atoms with Gasteiger partial charge in [-0.15, -0.1) is 0 Å². The fourth-order valence-electron chi connectivity index (χ4n) is 2.20. The van der Waals surface area contributed by atoms with Crippen LogP contribution in [0.5, 0.6) is 0 Å². The first kappa shape index (κ1) is 16.7. The van der Waals surface area contributed by atoms with Crippen LogP contribution < -0.4 is 5.32 Å². The van der Waals surface area contributed by atoms with Crippen LogP contribution in [0.2, 0.25) is 0 Å². The molecule has 0 unspecified atom stereocenters. The number of amides is 1. The van der Waals surface area contributed by atoms with Gasteiger partial charge in [-0.05, 0) is 29.3 Å². The van der Waals surface area contributed by atoms with E-state index in [1.165, 1.54) is 12.1 Å². The Morgan fingerprint density at radius 2 is 1.77 bits per heavy atom. The monoisotopic (exact) mass is 363 g/mol. The van der Waals surface area contributed by atoms with E-state index < -0.39 is 0 Å². The normalized spacial score (nSPS) is 11.3. The van der Waals surface area contributed by atoms with Crippen LogP contribution in [0, 0.1) is 5.82 Å². The van der Waals surface area contributed by atoms with Crippen LogP contribution in [0.3, 0.4) is 0 Å². The molecule has 0 atom stereocenters. The van der Waals surface area contributed by atoms with Crippen LogP contribution in [0.25, 0.3) is 0 Å². The van der Waals surface area contributed by atoms with Gasteiger partial charge in [0.2, 0.25) is 5.91 Å². The highest BCUT2D eigenvalue weighted by molar-refractivity contribution is 9.10. The lowest BCUT2D eigenvalue weighted by molar-refractivity contribution is -0.120. The Hall–Kier alpha value is -1.68. The first-order valence-electron chi connectivity index (χ1n) is 7.15. The summed E-state index contributed by atoms with van der Waals surface area (Å²) in [4.78, 5) is 12.1. The van der Waals surface area contributed by atoms with E-state index in [1.807, 2.05) is 38.1 Å². The maximum atomic E-state index is 13.0. The highest BCUT2D eigenvalue weighted by atomic mass is 79.9. The van der Waals surface area contributed by atoms with Gasteiger partial charge in [-0.2, -0.15) is 0 Å². The minimum atomic E-state index is -0.253. The summed E-state index contributed by atoms with van der Waals surface area (Å²) >= 11 is 3.44. The summed E-state index contributed by atoms with van der Waals surface area (Å²) in [7, 11) is 0. The molecule has 0 aliphatic rings. The molecular weight excluding hydrogens is 345 g/mol. The van der Waals surface area contributed by atoms with Crippen LogP contribution >= 0.6 is 15.9 Å². The van der Waals surface area contributed by atoms with Crippen LogP contribution in [0.4, 0.5) is 4.39 Å². The Morgan fingerprint density at radius 1 is 1.14 bits per heavy atom. The summed E-state index contributed by atoms with van der Waals surface area (Å²) in [6.45, 7) is 4.56. The molecule has 0 bridgehead atoms. The Balaban J connectivity index is 1.95. The second-order valence-corrected chi connectivity index (χ2v) is 6.79. The molecule has 116 valence electrons. The molecule has 0 fully saturated rings. The fourth-order valence-corrected chi connectivity index (χ4v) is 2.62. The Morgan fingerprint density at radius 3 is 2.41 bits per heavy atom. The Labute approximate surface area is 138 Å². The zero-order valence-electron chi connectivity index (χ0n) is 12.7. The highest BCUT2D eigenvalue weighted by Gasteiger charge is 2.21. The number of halogens is 2. The van der Waals surface area contributed by atoms with Crippen molar-refractivity contribution in [2.45, 2.75) is 25.7 Å². The SMILES string of the molecule is CC(C)(CNC(=O)Cc1ccccc1Br)c1ccc(F)cc1. The van der Waals surface area contributed by atoms with Crippen molar-refractivity contribution in [3.05, 3.63) is 69.9 Å². The number of carbonyl (C=O) groups excluding carboxylic acids is 1. The van der Waals surface area contributed by atoms with Gasteiger partial charge in [-0.1, -0.05) is 60.1 Å². The van der Waals surface area contributed by atoms with Crippen LogP contribution in [-0.4, -0.2) is 12.5 Å². The van der Waals surface area contributed by atoms with E-state index in [-0.39, 0.29) is 17.1 Å². The summed E-state index contributed by atoms with van der Waals surface area (Å²) in [6.07, 6.45) is 0.334. The molecular formula is C18H19BrFNO. The van der Waals surface area contributed by atoms with Crippen molar-refractivity contribution >= 4 is 21.8 Å². The Bertz CT molecular complexity index is 652. The average Bonchev–Trinajstić information content (AvgIpc) is 2.48. The topological polar surface area (TPSA) is 29.1 Å². The van der Waals surface area contributed by atoms with Gasteiger partial charge in [0.15, 0.2) is 0 Å². The van der Waals surface area contributed by atoms with Gasteiger partial charge in [0.1, 0.15) is 5.82 Å². The average molecular weight is 364 g/mol. The van der Waals surface area contributed by atoms with Gasteiger partial charge in [0.25, 0.3) is 0 Å². The van der Waals surface area contributed by atoms with Crippen molar-refractivity contribution < 1.29 is 9.18 Å². The summed E-state index contributed by atoms with van der Waals surface area (Å²) in [5.41, 5.74) is 1.70. The second-order valence-electron chi connectivity index (χ2n) is 5.94. The van der Waals surface area contributed by atoms with E-state index >= 15 is 0 Å². The summed E-state index contributed by atoms with van der Waals surface area (Å²) < 4.78 is 13.9. The largest absolute Gasteiger partial charge is 0.355 e. The van der Waals surface area contributed by atoms with Gasteiger partial charge in [-0.3, -0.25) is 4.79 Å². The molecule has 0 saturated carbocycles. The standard InChI is InChI=1S/C18H19BrFNO/c1-18(2,14-7-9-15(20)10-8-14)12-21-17(22)11-13-5-3-4-6-16(13)19/h3-10H,11-12H2,1-2H3,(H,21,22). The first-order chi connectivity index (χ1) is 10.4. The summed E-state index contributed by atoms with van der Waals surface area (Å²) in [6, 6.07) is 14.1. The third-order valence-electron chi connectivity index (χ3n) is 3.66. The molecule has 0 aliphatic carbocycles. The zero-order chi connectivity index (χ0) is 16.2. The molecule has 0 aliphatic heterocycles. The van der Waals surface area contributed by atoms with Crippen molar-refractivity contribution in [2.75, 3.05) is 6.54 Å². The molecule has 4 heteroatoms. The van der Waals surface area contributed by atoms with Crippen molar-refractivity contribution in [1.29, 1.82) is 0 Å². The molecule has 22 heavy (non-hydrogen) atoms. The number of benzene rings is 2. The second kappa shape index (κ2) is 7.05. The molecule has 0 spiro atoms. The molecule has 2 rings (SSSR count). The first-order valence-corrected chi connectivity index (χ1v) is 7.94. The smallest absolute Gasteiger partial charge is 0.224 e. The number of hydrogen-bond donors (Lipinski definition) is 1. The van der Waals surface area contributed by atoms with E-state index in [2.05, 4.69) is 21.2 Å². The minimum absolute atomic E-state index is 0.0258. The number of rotatable bonds is 5. The fraction of sp³-hybridized carbons (Fsp3) is 0.278. The van der Waals surface area contributed by atoms with Crippen molar-refractivity contribution in [3.63, 3.8) is 0 Å². The molecule has 2 aromatic rings. The van der Waals surface area contributed by atoms with Gasteiger partial charge >= 0.3 is 0 Å². The molecule has 1 N–H and O–H groups in total. The lowest BCUT2D eigenvalue weighted by atomic mass is 9.84. The molecule has 2 aromatic carbocycles. The van der Waals surface area contributed by atoms with Crippen LogP contribution in [0.1, 0.15) is 25.0 Å². The van der Waals surface area contributed by atoms with E-state index in [9.17, 15) is 9.18 Å². The molecule has 0 saturated heterocycles. The van der Waals surface area contributed by atoms with E-state index in [0.29, 0.717) is 13.0 Å². The third-order valence-corrected chi connectivity index (χ3v) is 4.44. The molecule has 0 aromatic heterocycles. The maximum absolute atomic E-state index is 13.0. The van der Waals surface area contributed by atoms with Crippen molar-refractivity contribution in [3.8, 4) is 0 Å². The van der Waals surface area contributed by atoms with E-state index in [0.717, 1.165) is 15.6 Å². The number of nitrogens with one attached hydrogen (secondary N) is 1. The number of carbonyl (C=O) groups is 1. The third kappa shape index (κ3) is 4.41. The quantitative estimate of drug-likeness (QED) is 0.846. The molecule has 0 radical (unpaired) electrons. The summed E-state index contributed by atoms with van der Waals surface area (Å²) in [5.74, 6) is -0.278. The maximum Gasteiger partial charge on any atom is 0.224 e. The van der Waals surface area contributed by atoms with Gasteiger partial charge < -0.3 is 5.32 Å². The highest BCUT2D eigenvalue weighted by Crippen LogP contribution is 2.22. The zero-order valence-corrected chi connectivity index (χ0v) is 14.3. The molecule has 0 heterocycles. The van der Waals surface area contributed by atoms with Crippen LogP contribution in [-0.2, 0) is 16.6 Å².